The average Bonchev–Trinajstić information content (AvgIpc) is 2.72. The first kappa shape index (κ1) is 21.7. The molecule has 0 bridgehead atoms. The van der Waals surface area contributed by atoms with Crippen molar-refractivity contribution in [1.29, 1.82) is 0 Å². The first-order valence-corrected chi connectivity index (χ1v) is 9.32. The van der Waals surface area contributed by atoms with E-state index in [9.17, 15) is 4.79 Å². The third kappa shape index (κ3) is 6.52. The Morgan fingerprint density at radius 3 is 2.07 bits per heavy atom. The lowest BCUT2D eigenvalue weighted by atomic mass is 10.0. The number of ketones is 1. The number of hydrogen-bond acceptors (Lipinski definition) is 3. The maximum atomic E-state index is 12.4. The lowest BCUT2D eigenvalue weighted by molar-refractivity contribution is 0.103. The number of carbonyl (C=O) groups excluding carboxylic acids is 1. The van der Waals surface area contributed by atoms with Gasteiger partial charge >= 0.3 is 0 Å². The molecule has 28 heavy (non-hydrogen) atoms. The summed E-state index contributed by atoms with van der Waals surface area (Å²) in [5.74, 6) is 0.802. The summed E-state index contributed by atoms with van der Waals surface area (Å²) in [5, 5.41) is 3.47. The predicted molar refractivity (Wildman–Crippen MR) is 117 cm³/mol. The minimum atomic E-state index is 0. The Morgan fingerprint density at radius 1 is 0.857 bits per heavy atom. The predicted octanol–water partition coefficient (Wildman–Crippen LogP) is 4.94. The van der Waals surface area contributed by atoms with Crippen molar-refractivity contribution in [3.05, 3.63) is 102 Å². The van der Waals surface area contributed by atoms with Gasteiger partial charge in [0.25, 0.3) is 0 Å². The Balaban J connectivity index is 0.00000280. The van der Waals surface area contributed by atoms with Gasteiger partial charge in [-0.1, -0.05) is 60.7 Å². The van der Waals surface area contributed by atoms with Crippen molar-refractivity contribution >= 4 is 18.2 Å². The molecule has 4 heteroatoms. The second-order valence-corrected chi connectivity index (χ2v) is 6.61. The molecule has 1 unspecified atom stereocenters. The van der Waals surface area contributed by atoms with Crippen molar-refractivity contribution in [3.8, 4) is 5.75 Å². The van der Waals surface area contributed by atoms with Gasteiger partial charge in [-0.15, -0.1) is 12.4 Å². The summed E-state index contributed by atoms with van der Waals surface area (Å²) in [6.07, 6.45) is 0.997. The van der Waals surface area contributed by atoms with Gasteiger partial charge in [0.15, 0.2) is 5.78 Å². The van der Waals surface area contributed by atoms with Gasteiger partial charge in [-0.25, -0.2) is 0 Å². The Bertz CT molecular complexity index is 835. The molecule has 0 aliphatic heterocycles. The van der Waals surface area contributed by atoms with Crippen molar-refractivity contribution in [2.24, 2.45) is 0 Å². The van der Waals surface area contributed by atoms with E-state index in [1.54, 1.807) is 0 Å². The van der Waals surface area contributed by atoms with Crippen LogP contribution < -0.4 is 10.1 Å². The summed E-state index contributed by atoms with van der Waals surface area (Å²) in [7, 11) is 0. The Labute approximate surface area is 173 Å². The Kier molecular flexibility index (Phi) is 8.73. The van der Waals surface area contributed by atoms with Gasteiger partial charge in [-0.05, 0) is 43.2 Å². The summed E-state index contributed by atoms with van der Waals surface area (Å²) < 4.78 is 5.77. The molecular weight excluding hydrogens is 370 g/mol. The number of nitrogens with one attached hydrogen (secondary N) is 1. The molecule has 1 N–H and O–H groups in total. The zero-order valence-electron chi connectivity index (χ0n) is 16.0. The summed E-state index contributed by atoms with van der Waals surface area (Å²) >= 11 is 0. The number of carbonyl (C=O) groups is 1. The fraction of sp³-hybridized carbons (Fsp3) is 0.208. The van der Waals surface area contributed by atoms with Crippen LogP contribution in [0.2, 0.25) is 0 Å². The first-order valence-electron chi connectivity index (χ1n) is 9.32. The SMILES string of the molecule is CC(Cc1ccccc1)NCCOc1ccc(C(=O)c2ccccc2)cc1.Cl. The van der Waals surface area contributed by atoms with E-state index in [0.29, 0.717) is 23.8 Å². The lowest BCUT2D eigenvalue weighted by Gasteiger charge is -2.14. The molecule has 0 aliphatic rings. The number of rotatable bonds is 9. The molecular formula is C24H26ClNO2. The second kappa shape index (κ2) is 11.3. The van der Waals surface area contributed by atoms with E-state index in [4.69, 9.17) is 4.74 Å². The molecule has 3 nitrogen and oxygen atoms in total. The van der Waals surface area contributed by atoms with Crippen LogP contribution in [0, 0.1) is 0 Å². The minimum Gasteiger partial charge on any atom is -0.492 e. The molecule has 146 valence electrons. The highest BCUT2D eigenvalue weighted by molar-refractivity contribution is 6.08. The number of ether oxygens (including phenoxy) is 1. The molecule has 3 rings (SSSR count). The van der Waals surface area contributed by atoms with E-state index in [0.717, 1.165) is 18.7 Å². The summed E-state index contributed by atoms with van der Waals surface area (Å²) in [4.78, 5) is 12.4. The first-order chi connectivity index (χ1) is 13.2. The van der Waals surface area contributed by atoms with E-state index in [-0.39, 0.29) is 18.2 Å². The Hall–Kier alpha value is -2.62. The number of hydrogen-bond donors (Lipinski definition) is 1. The van der Waals surface area contributed by atoms with Crippen LogP contribution in [-0.4, -0.2) is 25.0 Å². The van der Waals surface area contributed by atoms with Crippen molar-refractivity contribution in [2.75, 3.05) is 13.2 Å². The van der Waals surface area contributed by atoms with Crippen LogP contribution in [-0.2, 0) is 6.42 Å². The van der Waals surface area contributed by atoms with Crippen molar-refractivity contribution in [3.63, 3.8) is 0 Å². The van der Waals surface area contributed by atoms with Crippen LogP contribution in [0.15, 0.2) is 84.9 Å². The van der Waals surface area contributed by atoms with Crippen LogP contribution in [0.3, 0.4) is 0 Å². The van der Waals surface area contributed by atoms with E-state index < -0.39 is 0 Å². The van der Waals surface area contributed by atoms with Crippen molar-refractivity contribution in [1.82, 2.24) is 5.32 Å². The van der Waals surface area contributed by atoms with Gasteiger partial charge in [0.05, 0.1) is 0 Å². The molecule has 0 heterocycles. The molecule has 0 aromatic heterocycles. The molecule has 3 aromatic rings. The zero-order chi connectivity index (χ0) is 18.9. The van der Waals surface area contributed by atoms with Gasteiger partial charge in [0, 0.05) is 23.7 Å². The second-order valence-electron chi connectivity index (χ2n) is 6.61. The highest BCUT2D eigenvalue weighted by Gasteiger charge is 2.08. The van der Waals surface area contributed by atoms with E-state index in [1.165, 1.54) is 5.56 Å². The quantitative estimate of drug-likeness (QED) is 0.412. The highest BCUT2D eigenvalue weighted by Crippen LogP contribution is 2.15. The van der Waals surface area contributed by atoms with E-state index in [1.807, 2.05) is 60.7 Å². The van der Waals surface area contributed by atoms with Gasteiger partial charge in [-0.2, -0.15) is 0 Å². The molecule has 0 fully saturated rings. The molecule has 0 saturated heterocycles. The maximum absolute atomic E-state index is 12.4. The monoisotopic (exact) mass is 395 g/mol. The van der Waals surface area contributed by atoms with Gasteiger partial charge in [0.1, 0.15) is 12.4 Å². The number of benzene rings is 3. The molecule has 0 amide bonds. The van der Waals surface area contributed by atoms with E-state index >= 15 is 0 Å². The fourth-order valence-electron chi connectivity index (χ4n) is 2.97. The molecule has 0 radical (unpaired) electrons. The maximum Gasteiger partial charge on any atom is 0.193 e. The van der Waals surface area contributed by atoms with Crippen LogP contribution in [0.1, 0.15) is 28.4 Å². The summed E-state index contributed by atoms with van der Waals surface area (Å²) in [6.45, 7) is 3.54. The van der Waals surface area contributed by atoms with E-state index in [2.05, 4.69) is 36.5 Å². The largest absolute Gasteiger partial charge is 0.492 e. The highest BCUT2D eigenvalue weighted by atomic mass is 35.5. The zero-order valence-corrected chi connectivity index (χ0v) is 16.8. The number of halogens is 1. The minimum absolute atomic E-state index is 0. The smallest absolute Gasteiger partial charge is 0.193 e. The van der Waals surface area contributed by atoms with Crippen molar-refractivity contribution < 1.29 is 9.53 Å². The van der Waals surface area contributed by atoms with Crippen molar-refractivity contribution in [2.45, 2.75) is 19.4 Å². The lowest BCUT2D eigenvalue weighted by Crippen LogP contribution is -2.31. The molecule has 0 aliphatic carbocycles. The Morgan fingerprint density at radius 2 is 1.43 bits per heavy atom. The standard InChI is InChI=1S/C24H25NO2.ClH/c1-19(18-20-8-4-2-5-9-20)25-16-17-27-23-14-12-22(13-15-23)24(26)21-10-6-3-7-11-21;/h2-15,19,25H,16-18H2,1H3;1H. The molecule has 3 aromatic carbocycles. The summed E-state index contributed by atoms with van der Waals surface area (Å²) in [6, 6.07) is 27.5. The van der Waals surface area contributed by atoms with Crippen LogP contribution in [0.5, 0.6) is 5.75 Å². The molecule has 1 atom stereocenters. The van der Waals surface area contributed by atoms with Crippen LogP contribution in [0.25, 0.3) is 0 Å². The average molecular weight is 396 g/mol. The third-order valence-corrected chi connectivity index (χ3v) is 4.40. The molecule has 0 spiro atoms. The summed E-state index contributed by atoms with van der Waals surface area (Å²) in [5.41, 5.74) is 2.70. The topological polar surface area (TPSA) is 38.3 Å². The fourth-order valence-corrected chi connectivity index (χ4v) is 2.97. The van der Waals surface area contributed by atoms with Gasteiger partial charge in [-0.3, -0.25) is 4.79 Å². The normalized spacial score (nSPS) is 11.3. The van der Waals surface area contributed by atoms with Crippen LogP contribution >= 0.6 is 12.4 Å². The van der Waals surface area contributed by atoms with Crippen LogP contribution in [0.4, 0.5) is 0 Å². The third-order valence-electron chi connectivity index (χ3n) is 4.40. The van der Waals surface area contributed by atoms with Gasteiger partial charge < -0.3 is 10.1 Å². The molecule has 0 saturated carbocycles. The van der Waals surface area contributed by atoms with Gasteiger partial charge in [0.2, 0.25) is 0 Å².